The first-order chi connectivity index (χ1) is 9.05. The lowest BCUT2D eigenvalue weighted by Gasteiger charge is -2.20. The molecule has 0 atom stereocenters. The fraction of sp³-hybridized carbons (Fsp3) is 0.667. The van der Waals surface area contributed by atoms with Gasteiger partial charge in [-0.1, -0.05) is 19.3 Å². The molecule has 7 heteroatoms. The van der Waals surface area contributed by atoms with E-state index in [0.29, 0.717) is 19.4 Å². The lowest BCUT2D eigenvalue weighted by Crippen LogP contribution is -2.41. The van der Waals surface area contributed by atoms with Crippen molar-refractivity contribution in [2.24, 2.45) is 0 Å². The van der Waals surface area contributed by atoms with E-state index in [-0.39, 0.29) is 15.8 Å². The molecule has 0 aromatic carbocycles. The molecule has 0 radical (unpaired) electrons. The molecule has 0 N–H and O–H groups in total. The molecule has 106 valence electrons. The van der Waals surface area contributed by atoms with Crippen LogP contribution in [-0.4, -0.2) is 25.4 Å². The molecule has 1 aromatic rings. The largest absolute Gasteiger partial charge is 0.593 e. The Morgan fingerprint density at radius 2 is 2.05 bits per heavy atom. The van der Waals surface area contributed by atoms with Crippen LogP contribution >= 0.6 is 0 Å². The summed E-state index contributed by atoms with van der Waals surface area (Å²) in [5.41, 5.74) is 0. The zero-order chi connectivity index (χ0) is 13.9. The van der Waals surface area contributed by atoms with Crippen molar-refractivity contribution in [1.82, 2.24) is 5.10 Å². The van der Waals surface area contributed by atoms with Gasteiger partial charge in [0, 0.05) is 12.1 Å². The van der Waals surface area contributed by atoms with Crippen LogP contribution in [0.4, 0.5) is 0 Å². The Kier molecular flexibility index (Phi) is 4.24. The van der Waals surface area contributed by atoms with Crippen LogP contribution in [0, 0.1) is 5.21 Å². The molecule has 1 heterocycles. The molecule has 19 heavy (non-hydrogen) atoms. The second-order valence-corrected chi connectivity index (χ2v) is 6.80. The predicted molar refractivity (Wildman–Crippen MR) is 68.4 cm³/mol. The summed E-state index contributed by atoms with van der Waals surface area (Å²) in [4.78, 5) is 0.162. The Labute approximate surface area is 112 Å². The van der Waals surface area contributed by atoms with Gasteiger partial charge in [-0.2, -0.15) is 0 Å². The van der Waals surface area contributed by atoms with Crippen molar-refractivity contribution in [3.05, 3.63) is 17.3 Å². The lowest BCUT2D eigenvalue weighted by molar-refractivity contribution is -0.707. The molecule has 0 unspecified atom stereocenters. The minimum Gasteiger partial charge on any atom is -0.593 e. The molecule has 0 spiro atoms. The summed E-state index contributed by atoms with van der Waals surface area (Å²) in [6.07, 6.45) is 4.09. The zero-order valence-electron chi connectivity index (χ0n) is 10.9. The van der Waals surface area contributed by atoms with E-state index in [4.69, 9.17) is 4.74 Å². The number of hydrogen-bond donors (Lipinski definition) is 0. The van der Waals surface area contributed by atoms with Gasteiger partial charge in [0.05, 0.1) is 17.0 Å². The summed E-state index contributed by atoms with van der Waals surface area (Å²) in [5, 5.41) is 14.6. The van der Waals surface area contributed by atoms with Crippen molar-refractivity contribution in [2.75, 3.05) is 6.61 Å². The molecule has 0 amide bonds. The molecule has 0 aliphatic heterocycles. The monoisotopic (exact) mass is 286 g/mol. The number of sulfone groups is 1. The van der Waals surface area contributed by atoms with E-state index in [0.717, 1.165) is 19.3 Å². The van der Waals surface area contributed by atoms with Crippen molar-refractivity contribution in [3.63, 3.8) is 0 Å². The Balaban J connectivity index is 2.29. The van der Waals surface area contributed by atoms with Crippen molar-refractivity contribution in [3.8, 4) is 5.88 Å². The van der Waals surface area contributed by atoms with Crippen LogP contribution in [-0.2, 0) is 9.84 Å². The standard InChI is InChI=1S/C12H18N2O4S/c1-2-18-11-8-9-12(14(15)13-11)19(16,17)10-6-4-3-5-7-10/h8-10H,2-7H2,1H3. The van der Waals surface area contributed by atoms with Gasteiger partial charge in [-0.25, -0.2) is 8.42 Å². The number of rotatable bonds is 4. The van der Waals surface area contributed by atoms with Gasteiger partial charge < -0.3 is 9.94 Å². The number of aromatic nitrogens is 2. The summed E-state index contributed by atoms with van der Waals surface area (Å²) in [6, 6.07) is 2.71. The first-order valence-corrected chi connectivity index (χ1v) is 8.08. The molecule has 2 rings (SSSR count). The van der Waals surface area contributed by atoms with Crippen molar-refractivity contribution in [2.45, 2.75) is 49.3 Å². The van der Waals surface area contributed by atoms with Crippen molar-refractivity contribution < 1.29 is 18.0 Å². The number of nitrogens with zero attached hydrogens (tertiary/aromatic N) is 2. The SMILES string of the molecule is CCOc1ccc(S(=O)(=O)C2CCCCC2)[n+]([O-])n1. The molecule has 1 aliphatic carbocycles. The highest BCUT2D eigenvalue weighted by Gasteiger charge is 2.35. The Hall–Kier alpha value is -1.37. The summed E-state index contributed by atoms with van der Waals surface area (Å²) in [7, 11) is -3.59. The quantitative estimate of drug-likeness (QED) is 0.614. The van der Waals surface area contributed by atoms with Crippen LogP contribution in [0.15, 0.2) is 17.2 Å². The van der Waals surface area contributed by atoms with Crippen LogP contribution in [0.25, 0.3) is 0 Å². The maximum atomic E-state index is 12.4. The van der Waals surface area contributed by atoms with Crippen LogP contribution in [0.3, 0.4) is 0 Å². The van der Waals surface area contributed by atoms with E-state index in [1.165, 1.54) is 12.1 Å². The van der Waals surface area contributed by atoms with E-state index in [1.54, 1.807) is 6.92 Å². The van der Waals surface area contributed by atoms with Gasteiger partial charge in [-0.3, -0.25) is 0 Å². The van der Waals surface area contributed by atoms with Gasteiger partial charge in [0.15, 0.2) is 0 Å². The summed E-state index contributed by atoms with van der Waals surface area (Å²) in [6.45, 7) is 2.14. The topological polar surface area (TPSA) is 83.2 Å². The third-order valence-electron chi connectivity index (χ3n) is 3.32. The van der Waals surface area contributed by atoms with Crippen LogP contribution in [0.5, 0.6) is 5.88 Å². The molecule has 0 saturated heterocycles. The first kappa shape index (κ1) is 14.0. The first-order valence-electron chi connectivity index (χ1n) is 6.53. The van der Waals surface area contributed by atoms with Gasteiger partial charge in [0.25, 0.3) is 5.88 Å². The highest BCUT2D eigenvalue weighted by Crippen LogP contribution is 2.27. The Bertz CT molecular complexity index is 539. The van der Waals surface area contributed by atoms with Gasteiger partial charge in [0.2, 0.25) is 9.84 Å². The molecule has 1 aliphatic rings. The minimum atomic E-state index is -3.59. The number of hydrogen-bond acceptors (Lipinski definition) is 5. The third kappa shape index (κ3) is 2.97. The number of ether oxygens (including phenoxy) is 1. The van der Waals surface area contributed by atoms with E-state index in [9.17, 15) is 13.6 Å². The highest BCUT2D eigenvalue weighted by atomic mass is 32.2. The maximum absolute atomic E-state index is 12.4. The van der Waals surface area contributed by atoms with Crippen molar-refractivity contribution >= 4 is 9.84 Å². The summed E-state index contributed by atoms with van der Waals surface area (Å²) < 4.78 is 29.8. The summed E-state index contributed by atoms with van der Waals surface area (Å²) >= 11 is 0. The van der Waals surface area contributed by atoms with E-state index in [1.807, 2.05) is 0 Å². The van der Waals surface area contributed by atoms with Crippen LogP contribution in [0.2, 0.25) is 0 Å². The smallest absolute Gasteiger partial charge is 0.335 e. The molecule has 1 aromatic heterocycles. The molecular formula is C12H18N2O4S. The van der Waals surface area contributed by atoms with Gasteiger partial charge >= 0.3 is 5.03 Å². The fourth-order valence-electron chi connectivity index (χ4n) is 2.35. The van der Waals surface area contributed by atoms with Crippen LogP contribution in [0.1, 0.15) is 39.0 Å². The Morgan fingerprint density at radius 3 is 2.63 bits per heavy atom. The second-order valence-electron chi connectivity index (χ2n) is 4.62. The van der Waals surface area contributed by atoms with Crippen molar-refractivity contribution in [1.29, 1.82) is 0 Å². The summed E-state index contributed by atoms with van der Waals surface area (Å²) in [5.74, 6) is 0.139. The molecule has 1 saturated carbocycles. The van der Waals surface area contributed by atoms with Crippen LogP contribution < -0.4 is 9.58 Å². The molecule has 1 fully saturated rings. The Morgan fingerprint density at radius 1 is 1.37 bits per heavy atom. The normalized spacial score (nSPS) is 17.3. The fourth-order valence-corrected chi connectivity index (χ4v) is 4.16. The third-order valence-corrected chi connectivity index (χ3v) is 5.55. The van der Waals surface area contributed by atoms with E-state index >= 15 is 0 Å². The predicted octanol–water partition coefficient (Wildman–Crippen LogP) is 1.22. The molecule has 0 bridgehead atoms. The highest BCUT2D eigenvalue weighted by molar-refractivity contribution is 7.91. The molecular weight excluding hydrogens is 268 g/mol. The average molecular weight is 286 g/mol. The minimum absolute atomic E-state index is 0.139. The lowest BCUT2D eigenvalue weighted by atomic mass is 10.0. The second kappa shape index (κ2) is 5.73. The van der Waals surface area contributed by atoms with E-state index in [2.05, 4.69) is 5.10 Å². The molecule has 6 nitrogen and oxygen atoms in total. The van der Waals surface area contributed by atoms with E-state index < -0.39 is 15.1 Å². The zero-order valence-corrected chi connectivity index (χ0v) is 11.7. The maximum Gasteiger partial charge on any atom is 0.335 e. The van der Waals surface area contributed by atoms with Gasteiger partial charge in [0.1, 0.15) is 0 Å². The van der Waals surface area contributed by atoms with Gasteiger partial charge in [-0.05, 0) is 24.6 Å². The van der Waals surface area contributed by atoms with Gasteiger partial charge in [-0.15, -0.1) is 0 Å². The average Bonchev–Trinajstić information content (AvgIpc) is 2.40.